The predicted molar refractivity (Wildman–Crippen MR) is 73.5 cm³/mol. The molecular formula is C15H22F3NO. The average Bonchev–Trinajstić information content (AvgIpc) is 2.37. The summed E-state index contributed by atoms with van der Waals surface area (Å²) in [6, 6.07) is 9.55. The Morgan fingerprint density at radius 3 is 2.40 bits per heavy atom. The van der Waals surface area contributed by atoms with Gasteiger partial charge in [-0.3, -0.25) is 0 Å². The monoisotopic (exact) mass is 289 g/mol. The summed E-state index contributed by atoms with van der Waals surface area (Å²) in [7, 11) is 0. The number of benzene rings is 1. The van der Waals surface area contributed by atoms with Gasteiger partial charge in [0.1, 0.15) is 0 Å². The molecule has 2 unspecified atom stereocenters. The van der Waals surface area contributed by atoms with Crippen molar-refractivity contribution in [2.75, 3.05) is 6.61 Å². The van der Waals surface area contributed by atoms with Crippen LogP contribution in [0.15, 0.2) is 30.3 Å². The summed E-state index contributed by atoms with van der Waals surface area (Å²) in [4.78, 5) is 0. The molecule has 0 radical (unpaired) electrons. The molecular weight excluding hydrogens is 267 g/mol. The highest BCUT2D eigenvalue weighted by Gasteiger charge is 2.26. The van der Waals surface area contributed by atoms with Crippen molar-refractivity contribution in [2.45, 2.75) is 50.9 Å². The molecule has 0 aliphatic heterocycles. The maximum atomic E-state index is 12.1. The van der Waals surface area contributed by atoms with Gasteiger partial charge in [-0.2, -0.15) is 13.2 Å². The zero-order valence-corrected chi connectivity index (χ0v) is 11.7. The first-order chi connectivity index (χ1) is 9.40. The lowest BCUT2D eigenvalue weighted by molar-refractivity contribution is -0.135. The summed E-state index contributed by atoms with van der Waals surface area (Å²) in [6.45, 7) is 1.82. The van der Waals surface area contributed by atoms with E-state index in [2.05, 4.69) is 5.32 Å². The van der Waals surface area contributed by atoms with Gasteiger partial charge in [-0.05, 0) is 31.7 Å². The number of hydrogen-bond acceptors (Lipinski definition) is 2. The molecule has 5 heteroatoms. The lowest BCUT2D eigenvalue weighted by Crippen LogP contribution is -2.40. The van der Waals surface area contributed by atoms with Crippen LogP contribution in [0.2, 0.25) is 0 Å². The fraction of sp³-hybridized carbons (Fsp3) is 0.600. The molecule has 0 amide bonds. The van der Waals surface area contributed by atoms with Crippen molar-refractivity contribution >= 4 is 0 Å². The molecule has 114 valence electrons. The van der Waals surface area contributed by atoms with Crippen LogP contribution < -0.4 is 5.32 Å². The van der Waals surface area contributed by atoms with Crippen molar-refractivity contribution in [3.8, 4) is 0 Å². The van der Waals surface area contributed by atoms with Crippen molar-refractivity contribution in [3.05, 3.63) is 35.9 Å². The maximum absolute atomic E-state index is 12.1. The van der Waals surface area contributed by atoms with Crippen molar-refractivity contribution < 1.29 is 18.3 Å². The first-order valence-electron chi connectivity index (χ1n) is 6.88. The standard InChI is InChI=1S/C15H22F3NO/c1-12(6-5-9-15(16,17)18)19-14(11-20)10-13-7-3-2-4-8-13/h2-4,7-8,12,14,19-20H,5-6,9-11H2,1H3. The van der Waals surface area contributed by atoms with Crippen LogP contribution in [-0.4, -0.2) is 30.0 Å². The molecule has 0 heterocycles. The van der Waals surface area contributed by atoms with Crippen LogP contribution >= 0.6 is 0 Å². The third-order valence-corrected chi connectivity index (χ3v) is 3.16. The molecule has 2 atom stereocenters. The lowest BCUT2D eigenvalue weighted by Gasteiger charge is -2.22. The maximum Gasteiger partial charge on any atom is 0.389 e. The molecule has 20 heavy (non-hydrogen) atoms. The van der Waals surface area contributed by atoms with Gasteiger partial charge in [0.15, 0.2) is 0 Å². The van der Waals surface area contributed by atoms with E-state index in [1.165, 1.54) is 0 Å². The molecule has 2 nitrogen and oxygen atoms in total. The van der Waals surface area contributed by atoms with Gasteiger partial charge in [0, 0.05) is 18.5 Å². The first-order valence-corrected chi connectivity index (χ1v) is 6.88. The Bertz CT molecular complexity index is 367. The topological polar surface area (TPSA) is 32.3 Å². The van der Waals surface area contributed by atoms with Gasteiger partial charge < -0.3 is 10.4 Å². The number of nitrogens with one attached hydrogen (secondary N) is 1. The molecule has 0 aliphatic carbocycles. The van der Waals surface area contributed by atoms with E-state index in [0.29, 0.717) is 12.8 Å². The molecule has 2 N–H and O–H groups in total. The van der Waals surface area contributed by atoms with E-state index < -0.39 is 12.6 Å². The van der Waals surface area contributed by atoms with Gasteiger partial charge in [0.2, 0.25) is 0 Å². The van der Waals surface area contributed by atoms with Crippen LogP contribution in [0, 0.1) is 0 Å². The molecule has 0 aliphatic rings. The quantitative estimate of drug-likeness (QED) is 0.769. The van der Waals surface area contributed by atoms with Crippen molar-refractivity contribution in [1.29, 1.82) is 0 Å². The fourth-order valence-corrected chi connectivity index (χ4v) is 2.17. The van der Waals surface area contributed by atoms with Crippen LogP contribution in [0.25, 0.3) is 0 Å². The van der Waals surface area contributed by atoms with Gasteiger partial charge in [-0.1, -0.05) is 30.3 Å². The van der Waals surface area contributed by atoms with Crippen LogP contribution in [0.1, 0.15) is 31.7 Å². The van der Waals surface area contributed by atoms with Gasteiger partial charge in [-0.15, -0.1) is 0 Å². The average molecular weight is 289 g/mol. The second kappa shape index (κ2) is 8.27. The van der Waals surface area contributed by atoms with Crippen molar-refractivity contribution in [3.63, 3.8) is 0 Å². The summed E-state index contributed by atoms with van der Waals surface area (Å²) >= 11 is 0. The van der Waals surface area contributed by atoms with E-state index in [0.717, 1.165) is 5.56 Å². The highest BCUT2D eigenvalue weighted by Crippen LogP contribution is 2.22. The molecule has 1 aromatic rings. The van der Waals surface area contributed by atoms with Crippen LogP contribution in [0.4, 0.5) is 13.2 Å². The minimum Gasteiger partial charge on any atom is -0.395 e. The largest absolute Gasteiger partial charge is 0.395 e. The fourth-order valence-electron chi connectivity index (χ4n) is 2.17. The zero-order valence-electron chi connectivity index (χ0n) is 11.7. The number of halogens is 3. The summed E-state index contributed by atoms with van der Waals surface area (Å²) in [6.07, 6.45) is -3.60. The number of rotatable bonds is 8. The molecule has 1 rings (SSSR count). The molecule has 0 saturated carbocycles. The SMILES string of the molecule is CC(CCCC(F)(F)F)NC(CO)Cc1ccccc1. The Morgan fingerprint density at radius 1 is 1.20 bits per heavy atom. The van der Waals surface area contributed by atoms with Gasteiger partial charge in [0.05, 0.1) is 6.61 Å². The molecule has 0 fully saturated rings. The van der Waals surface area contributed by atoms with Crippen LogP contribution in [-0.2, 0) is 6.42 Å². The third kappa shape index (κ3) is 7.50. The minimum absolute atomic E-state index is 0.0293. The lowest BCUT2D eigenvalue weighted by atomic mass is 10.0. The number of hydrogen-bond donors (Lipinski definition) is 2. The van der Waals surface area contributed by atoms with E-state index >= 15 is 0 Å². The Labute approximate surface area is 118 Å². The molecule has 0 spiro atoms. The van der Waals surface area contributed by atoms with Gasteiger partial charge in [-0.25, -0.2) is 0 Å². The predicted octanol–water partition coefficient (Wildman–Crippen LogP) is 3.30. The Kier molecular flexibility index (Phi) is 7.02. The third-order valence-electron chi connectivity index (χ3n) is 3.16. The Morgan fingerprint density at radius 2 is 1.85 bits per heavy atom. The number of aliphatic hydroxyl groups is 1. The molecule has 0 bridgehead atoms. The van der Waals surface area contributed by atoms with Crippen molar-refractivity contribution in [1.82, 2.24) is 5.32 Å². The summed E-state index contributed by atoms with van der Waals surface area (Å²) in [5.41, 5.74) is 1.10. The normalized spacial score (nSPS) is 15.1. The van der Waals surface area contributed by atoms with E-state index in [1.807, 2.05) is 37.3 Å². The Balaban J connectivity index is 2.32. The van der Waals surface area contributed by atoms with Crippen molar-refractivity contribution in [2.24, 2.45) is 0 Å². The highest BCUT2D eigenvalue weighted by atomic mass is 19.4. The van der Waals surface area contributed by atoms with E-state index in [1.54, 1.807) is 0 Å². The highest BCUT2D eigenvalue weighted by molar-refractivity contribution is 5.15. The second-order valence-corrected chi connectivity index (χ2v) is 5.14. The van der Waals surface area contributed by atoms with E-state index in [4.69, 9.17) is 0 Å². The van der Waals surface area contributed by atoms with Crippen LogP contribution in [0.3, 0.4) is 0 Å². The number of alkyl halides is 3. The van der Waals surface area contributed by atoms with Gasteiger partial charge in [0.25, 0.3) is 0 Å². The molecule has 1 aromatic carbocycles. The first kappa shape index (κ1) is 17.0. The summed E-state index contributed by atoms with van der Waals surface area (Å²) < 4.78 is 36.2. The minimum atomic E-state index is -4.08. The van der Waals surface area contributed by atoms with Crippen LogP contribution in [0.5, 0.6) is 0 Å². The summed E-state index contributed by atoms with van der Waals surface area (Å²) in [5, 5.41) is 12.5. The van der Waals surface area contributed by atoms with Gasteiger partial charge >= 0.3 is 6.18 Å². The van der Waals surface area contributed by atoms with E-state index in [9.17, 15) is 18.3 Å². The smallest absolute Gasteiger partial charge is 0.389 e. The molecule has 0 aromatic heterocycles. The van der Waals surface area contributed by atoms with E-state index in [-0.39, 0.29) is 25.1 Å². The second-order valence-electron chi connectivity index (χ2n) is 5.14. The molecule has 0 saturated heterocycles. The zero-order chi connectivity index (χ0) is 15.0. The summed E-state index contributed by atoms with van der Waals surface area (Å²) in [5.74, 6) is 0. The number of aliphatic hydroxyl groups excluding tert-OH is 1. The Hall–Kier alpha value is -1.07.